The van der Waals surface area contributed by atoms with Gasteiger partial charge in [0.2, 0.25) is 0 Å². The zero-order valence-electron chi connectivity index (χ0n) is 10.2. The number of hydrogen-bond donors (Lipinski definition) is 1. The van der Waals surface area contributed by atoms with Crippen LogP contribution >= 0.6 is 15.9 Å². The van der Waals surface area contributed by atoms with Crippen molar-refractivity contribution < 1.29 is 9.90 Å². The van der Waals surface area contributed by atoms with E-state index in [-0.39, 0.29) is 6.42 Å². The van der Waals surface area contributed by atoms with E-state index in [1.54, 1.807) is 0 Å². The summed E-state index contributed by atoms with van der Waals surface area (Å²) in [6.45, 7) is 2.92. The second-order valence-corrected chi connectivity index (χ2v) is 5.12. The predicted octanol–water partition coefficient (Wildman–Crippen LogP) is 3.31. The van der Waals surface area contributed by atoms with E-state index in [0.717, 1.165) is 11.0 Å². The zero-order valence-corrected chi connectivity index (χ0v) is 11.8. The third kappa shape index (κ3) is 4.88. The van der Waals surface area contributed by atoms with Crippen LogP contribution in [0.3, 0.4) is 0 Å². The highest BCUT2D eigenvalue weighted by Gasteiger charge is 2.11. The van der Waals surface area contributed by atoms with E-state index >= 15 is 0 Å². The standard InChI is InChI=1S/C13H18BrNO2/c1-10(11-5-7-12(14)8-6-11)15(2)9-3-4-13(16)17/h5-8,10H,3-4,9H2,1-2H3,(H,16,17). The number of halogens is 1. The van der Waals surface area contributed by atoms with Crippen LogP contribution in [0.25, 0.3) is 0 Å². The summed E-state index contributed by atoms with van der Waals surface area (Å²) in [5, 5.41) is 8.59. The van der Waals surface area contributed by atoms with Gasteiger partial charge in [-0.2, -0.15) is 0 Å². The number of carboxylic acids is 1. The minimum absolute atomic E-state index is 0.234. The van der Waals surface area contributed by atoms with Gasteiger partial charge < -0.3 is 5.11 Å². The van der Waals surface area contributed by atoms with Crippen LogP contribution in [-0.4, -0.2) is 29.6 Å². The maximum atomic E-state index is 10.4. The Kier molecular flexibility index (Phi) is 5.65. The third-order valence-electron chi connectivity index (χ3n) is 2.92. The van der Waals surface area contributed by atoms with Gasteiger partial charge in [0.15, 0.2) is 0 Å². The fraction of sp³-hybridized carbons (Fsp3) is 0.462. The van der Waals surface area contributed by atoms with Crippen LogP contribution in [0.4, 0.5) is 0 Å². The van der Waals surface area contributed by atoms with Gasteiger partial charge >= 0.3 is 5.97 Å². The molecule has 0 aromatic heterocycles. The van der Waals surface area contributed by atoms with Crippen molar-refractivity contribution >= 4 is 21.9 Å². The lowest BCUT2D eigenvalue weighted by Gasteiger charge is -2.24. The fourth-order valence-electron chi connectivity index (χ4n) is 1.67. The smallest absolute Gasteiger partial charge is 0.303 e. The molecule has 1 N–H and O–H groups in total. The Morgan fingerprint density at radius 3 is 2.53 bits per heavy atom. The lowest BCUT2D eigenvalue weighted by atomic mass is 10.1. The van der Waals surface area contributed by atoms with E-state index in [4.69, 9.17) is 5.11 Å². The van der Waals surface area contributed by atoms with Crippen molar-refractivity contribution in [3.63, 3.8) is 0 Å². The highest BCUT2D eigenvalue weighted by molar-refractivity contribution is 9.10. The molecule has 94 valence electrons. The Morgan fingerprint density at radius 2 is 2.00 bits per heavy atom. The van der Waals surface area contributed by atoms with Crippen LogP contribution in [0.2, 0.25) is 0 Å². The fourth-order valence-corrected chi connectivity index (χ4v) is 1.93. The number of rotatable bonds is 6. The Morgan fingerprint density at radius 1 is 1.41 bits per heavy atom. The first-order chi connectivity index (χ1) is 8.00. The van der Waals surface area contributed by atoms with E-state index in [2.05, 4.69) is 39.9 Å². The average molecular weight is 300 g/mol. The first-order valence-electron chi connectivity index (χ1n) is 5.68. The number of aliphatic carboxylic acids is 1. The van der Waals surface area contributed by atoms with Crippen LogP contribution in [0, 0.1) is 0 Å². The van der Waals surface area contributed by atoms with Gasteiger partial charge in [-0.05, 0) is 44.6 Å². The van der Waals surface area contributed by atoms with Gasteiger partial charge in [-0.25, -0.2) is 0 Å². The van der Waals surface area contributed by atoms with Crippen molar-refractivity contribution in [2.24, 2.45) is 0 Å². The SMILES string of the molecule is CC(c1ccc(Br)cc1)N(C)CCCC(=O)O. The molecule has 0 spiro atoms. The minimum Gasteiger partial charge on any atom is -0.481 e. The monoisotopic (exact) mass is 299 g/mol. The summed E-state index contributed by atoms with van der Waals surface area (Å²) >= 11 is 3.41. The molecule has 1 aromatic carbocycles. The molecule has 0 saturated carbocycles. The van der Waals surface area contributed by atoms with Gasteiger partial charge in [0.25, 0.3) is 0 Å². The molecule has 1 aromatic rings. The van der Waals surface area contributed by atoms with Crippen LogP contribution in [0.15, 0.2) is 28.7 Å². The summed E-state index contributed by atoms with van der Waals surface area (Å²) in [6.07, 6.45) is 0.921. The number of carboxylic acid groups (broad SMARTS) is 1. The lowest BCUT2D eigenvalue weighted by Crippen LogP contribution is -2.24. The van der Waals surface area contributed by atoms with Gasteiger partial charge in [0.1, 0.15) is 0 Å². The zero-order chi connectivity index (χ0) is 12.8. The van der Waals surface area contributed by atoms with Gasteiger partial charge in [0, 0.05) is 16.9 Å². The van der Waals surface area contributed by atoms with Gasteiger partial charge in [0.05, 0.1) is 0 Å². The first kappa shape index (κ1) is 14.2. The van der Waals surface area contributed by atoms with E-state index in [1.165, 1.54) is 5.56 Å². The topological polar surface area (TPSA) is 40.5 Å². The van der Waals surface area contributed by atoms with Crippen molar-refractivity contribution in [3.05, 3.63) is 34.3 Å². The Labute approximate surface area is 111 Å². The van der Waals surface area contributed by atoms with E-state index in [0.29, 0.717) is 12.5 Å². The molecule has 0 fully saturated rings. The molecule has 1 atom stereocenters. The molecule has 17 heavy (non-hydrogen) atoms. The van der Waals surface area contributed by atoms with Crippen molar-refractivity contribution in [1.82, 2.24) is 4.90 Å². The number of nitrogens with zero attached hydrogens (tertiary/aromatic N) is 1. The summed E-state index contributed by atoms with van der Waals surface area (Å²) < 4.78 is 1.07. The van der Waals surface area contributed by atoms with E-state index in [9.17, 15) is 4.79 Å². The summed E-state index contributed by atoms with van der Waals surface area (Å²) in [7, 11) is 2.02. The molecular formula is C13H18BrNO2. The molecule has 0 aliphatic rings. The molecule has 0 heterocycles. The normalized spacial score (nSPS) is 12.7. The van der Waals surface area contributed by atoms with Gasteiger partial charge in [-0.1, -0.05) is 28.1 Å². The van der Waals surface area contributed by atoms with Crippen molar-refractivity contribution in [3.8, 4) is 0 Å². The molecule has 4 heteroatoms. The van der Waals surface area contributed by atoms with E-state index < -0.39 is 5.97 Å². The Bertz CT molecular complexity index is 364. The summed E-state index contributed by atoms with van der Waals surface area (Å²) in [6, 6.07) is 8.52. The number of carbonyl (C=O) groups is 1. The second-order valence-electron chi connectivity index (χ2n) is 4.21. The molecular weight excluding hydrogens is 282 g/mol. The van der Waals surface area contributed by atoms with Crippen LogP contribution in [0.1, 0.15) is 31.4 Å². The molecule has 1 unspecified atom stereocenters. The van der Waals surface area contributed by atoms with Crippen LogP contribution in [-0.2, 0) is 4.79 Å². The van der Waals surface area contributed by atoms with Gasteiger partial charge in [-0.15, -0.1) is 0 Å². The van der Waals surface area contributed by atoms with E-state index in [1.807, 2.05) is 19.2 Å². The highest BCUT2D eigenvalue weighted by Crippen LogP contribution is 2.21. The van der Waals surface area contributed by atoms with Crippen molar-refractivity contribution in [1.29, 1.82) is 0 Å². The van der Waals surface area contributed by atoms with Crippen LogP contribution < -0.4 is 0 Å². The lowest BCUT2D eigenvalue weighted by molar-refractivity contribution is -0.137. The van der Waals surface area contributed by atoms with Crippen LogP contribution in [0.5, 0.6) is 0 Å². The average Bonchev–Trinajstić information content (AvgIpc) is 2.28. The molecule has 0 aliphatic carbocycles. The minimum atomic E-state index is -0.727. The Balaban J connectivity index is 2.48. The maximum absolute atomic E-state index is 10.4. The first-order valence-corrected chi connectivity index (χ1v) is 6.47. The largest absolute Gasteiger partial charge is 0.481 e. The molecule has 0 radical (unpaired) electrons. The maximum Gasteiger partial charge on any atom is 0.303 e. The van der Waals surface area contributed by atoms with Gasteiger partial charge in [-0.3, -0.25) is 9.69 Å². The third-order valence-corrected chi connectivity index (χ3v) is 3.44. The molecule has 0 bridgehead atoms. The Hall–Kier alpha value is -0.870. The molecule has 3 nitrogen and oxygen atoms in total. The molecule has 0 amide bonds. The molecule has 0 saturated heterocycles. The van der Waals surface area contributed by atoms with Crippen molar-refractivity contribution in [2.45, 2.75) is 25.8 Å². The second kappa shape index (κ2) is 6.77. The predicted molar refractivity (Wildman–Crippen MR) is 72.1 cm³/mol. The summed E-state index contributed by atoms with van der Waals surface area (Å²) in [5.41, 5.74) is 1.24. The quantitative estimate of drug-likeness (QED) is 0.876. The molecule has 0 aliphatic heterocycles. The number of hydrogen-bond acceptors (Lipinski definition) is 2. The molecule has 1 rings (SSSR count). The summed E-state index contributed by atoms with van der Waals surface area (Å²) in [5.74, 6) is -0.727. The summed E-state index contributed by atoms with van der Waals surface area (Å²) in [4.78, 5) is 12.6. The van der Waals surface area contributed by atoms with Crippen molar-refractivity contribution in [2.75, 3.05) is 13.6 Å². The number of benzene rings is 1. The highest BCUT2D eigenvalue weighted by atomic mass is 79.9.